The van der Waals surface area contributed by atoms with Gasteiger partial charge in [0.05, 0.1) is 11.2 Å². The highest BCUT2D eigenvalue weighted by atomic mass is 16.2. The van der Waals surface area contributed by atoms with Crippen molar-refractivity contribution in [2.24, 2.45) is 7.05 Å². The smallest absolute Gasteiger partial charge is 0.275 e. The van der Waals surface area contributed by atoms with Crippen LogP contribution in [0.5, 0.6) is 0 Å². The Labute approximate surface area is 134 Å². The number of nitrogens with one attached hydrogen (secondary N) is 1. The van der Waals surface area contributed by atoms with Crippen molar-refractivity contribution in [1.82, 2.24) is 24.6 Å². The van der Waals surface area contributed by atoms with E-state index in [9.17, 15) is 4.79 Å². The van der Waals surface area contributed by atoms with Crippen molar-refractivity contribution in [1.29, 1.82) is 0 Å². The van der Waals surface area contributed by atoms with E-state index in [2.05, 4.69) is 19.7 Å². The minimum atomic E-state index is -0.00381. The van der Waals surface area contributed by atoms with Crippen LogP contribution in [0, 0.1) is 6.92 Å². The van der Waals surface area contributed by atoms with Crippen LogP contribution in [-0.4, -0.2) is 43.6 Å². The maximum absolute atomic E-state index is 12.8. The van der Waals surface area contributed by atoms with Crippen molar-refractivity contribution in [2.45, 2.75) is 19.3 Å². The van der Waals surface area contributed by atoms with Gasteiger partial charge in [0.2, 0.25) is 0 Å². The Morgan fingerprint density at radius 2 is 2.17 bits per heavy atom. The Morgan fingerprint density at radius 3 is 2.96 bits per heavy atom. The molecular weight excluding hydrogens is 290 g/mol. The number of aromatic nitrogens is 4. The summed E-state index contributed by atoms with van der Waals surface area (Å²) in [5, 5.41) is 8.04. The molecule has 0 spiro atoms. The lowest BCUT2D eigenvalue weighted by Crippen LogP contribution is -2.29. The van der Waals surface area contributed by atoms with Crippen LogP contribution in [0.25, 0.3) is 10.9 Å². The van der Waals surface area contributed by atoms with E-state index in [1.54, 1.807) is 0 Å². The molecule has 1 fully saturated rings. The number of benzene rings is 1. The van der Waals surface area contributed by atoms with E-state index < -0.39 is 0 Å². The van der Waals surface area contributed by atoms with E-state index in [0.717, 1.165) is 35.4 Å². The maximum atomic E-state index is 12.8. The molecule has 0 unspecified atom stereocenters. The summed E-state index contributed by atoms with van der Waals surface area (Å²) in [7, 11) is 2.01. The third-order valence-corrected chi connectivity index (χ3v) is 4.55. The Balaban J connectivity index is 1.58. The number of para-hydroxylation sites is 1. The first-order valence-corrected chi connectivity index (χ1v) is 7.85. The number of fused-ring (bicyclic) bond motifs is 1. The summed E-state index contributed by atoms with van der Waals surface area (Å²) in [5.74, 6) is 1.35. The number of aromatic amines is 1. The number of nitrogens with zero attached hydrogens (tertiary/aromatic N) is 4. The van der Waals surface area contributed by atoms with Crippen LogP contribution >= 0.6 is 0 Å². The largest absolute Gasteiger partial charge is 0.337 e. The fourth-order valence-corrected chi connectivity index (χ4v) is 3.45. The molecule has 0 radical (unpaired) electrons. The molecule has 0 aliphatic carbocycles. The van der Waals surface area contributed by atoms with Gasteiger partial charge in [0.15, 0.2) is 5.69 Å². The second-order valence-corrected chi connectivity index (χ2v) is 6.21. The number of hydrogen-bond acceptors (Lipinski definition) is 3. The molecule has 1 amide bonds. The first-order chi connectivity index (χ1) is 11.1. The number of H-pyrrole nitrogens is 1. The SMILES string of the molecule is Cc1cn(C)c([C@@H]2CCN(C(=O)c3n[nH]c4ccccc34)C2)n1. The average Bonchev–Trinajstić information content (AvgIpc) is 3.24. The average molecular weight is 309 g/mol. The third kappa shape index (κ3) is 2.30. The molecule has 23 heavy (non-hydrogen) atoms. The second-order valence-electron chi connectivity index (χ2n) is 6.21. The van der Waals surface area contributed by atoms with Crippen molar-refractivity contribution < 1.29 is 4.79 Å². The van der Waals surface area contributed by atoms with Crippen LogP contribution in [-0.2, 0) is 7.05 Å². The van der Waals surface area contributed by atoms with E-state index in [4.69, 9.17) is 0 Å². The predicted molar refractivity (Wildman–Crippen MR) is 87.3 cm³/mol. The number of amides is 1. The summed E-state index contributed by atoms with van der Waals surface area (Å²) < 4.78 is 2.07. The standard InChI is InChI=1S/C17H19N5O/c1-11-9-21(2)16(18-11)12-7-8-22(10-12)17(23)15-13-5-3-4-6-14(13)19-20-15/h3-6,9,12H,7-8,10H2,1-2H3,(H,19,20)/t12-/m1/s1. The summed E-state index contributed by atoms with van der Waals surface area (Å²) in [5.41, 5.74) is 2.43. The number of rotatable bonds is 2. The molecular formula is C17H19N5O. The Morgan fingerprint density at radius 1 is 1.35 bits per heavy atom. The molecule has 1 atom stereocenters. The fraction of sp³-hybridized carbons (Fsp3) is 0.353. The van der Waals surface area contributed by atoms with E-state index in [1.807, 2.05) is 49.3 Å². The van der Waals surface area contributed by atoms with Crippen molar-refractivity contribution in [2.75, 3.05) is 13.1 Å². The first-order valence-electron chi connectivity index (χ1n) is 7.85. The molecule has 1 aliphatic heterocycles. The van der Waals surface area contributed by atoms with Gasteiger partial charge in [-0.15, -0.1) is 0 Å². The lowest BCUT2D eigenvalue weighted by Gasteiger charge is -2.15. The van der Waals surface area contributed by atoms with Crippen molar-refractivity contribution in [3.63, 3.8) is 0 Å². The van der Waals surface area contributed by atoms with Gasteiger partial charge in [-0.2, -0.15) is 5.10 Å². The minimum absolute atomic E-state index is 0.00381. The summed E-state index contributed by atoms with van der Waals surface area (Å²) in [4.78, 5) is 19.3. The molecule has 4 rings (SSSR count). The molecule has 6 nitrogen and oxygen atoms in total. The quantitative estimate of drug-likeness (QED) is 0.789. The van der Waals surface area contributed by atoms with Crippen molar-refractivity contribution in [3.8, 4) is 0 Å². The van der Waals surface area contributed by atoms with Gasteiger partial charge in [-0.1, -0.05) is 18.2 Å². The lowest BCUT2D eigenvalue weighted by atomic mass is 10.1. The molecule has 3 aromatic rings. The molecule has 1 saturated heterocycles. The number of carbonyl (C=O) groups is 1. The molecule has 1 N–H and O–H groups in total. The van der Waals surface area contributed by atoms with Crippen LogP contribution in [0.4, 0.5) is 0 Å². The Hall–Kier alpha value is -2.63. The zero-order valence-corrected chi connectivity index (χ0v) is 13.3. The fourth-order valence-electron chi connectivity index (χ4n) is 3.45. The van der Waals surface area contributed by atoms with E-state index >= 15 is 0 Å². The monoisotopic (exact) mass is 309 g/mol. The van der Waals surface area contributed by atoms with Gasteiger partial charge >= 0.3 is 0 Å². The molecule has 118 valence electrons. The third-order valence-electron chi connectivity index (χ3n) is 4.55. The first kappa shape index (κ1) is 14.0. The van der Waals surface area contributed by atoms with Gasteiger partial charge in [-0.3, -0.25) is 9.89 Å². The van der Waals surface area contributed by atoms with Crippen LogP contribution in [0.3, 0.4) is 0 Å². The normalized spacial score (nSPS) is 18.0. The molecule has 6 heteroatoms. The maximum Gasteiger partial charge on any atom is 0.275 e. The zero-order valence-electron chi connectivity index (χ0n) is 13.3. The van der Waals surface area contributed by atoms with E-state index in [-0.39, 0.29) is 5.91 Å². The van der Waals surface area contributed by atoms with Gasteiger partial charge < -0.3 is 9.47 Å². The van der Waals surface area contributed by atoms with Crippen molar-refractivity contribution in [3.05, 3.63) is 47.7 Å². The second kappa shape index (κ2) is 5.22. The number of likely N-dealkylation sites (tertiary alicyclic amines) is 1. The number of carbonyl (C=O) groups excluding carboxylic acids is 1. The molecule has 1 aromatic carbocycles. The van der Waals surface area contributed by atoms with Gasteiger partial charge in [-0.25, -0.2) is 4.98 Å². The zero-order chi connectivity index (χ0) is 16.0. The van der Waals surface area contributed by atoms with Crippen LogP contribution in [0.1, 0.15) is 34.3 Å². The number of imidazole rings is 1. The minimum Gasteiger partial charge on any atom is -0.337 e. The van der Waals surface area contributed by atoms with Crippen molar-refractivity contribution >= 4 is 16.8 Å². The lowest BCUT2D eigenvalue weighted by molar-refractivity contribution is 0.0786. The van der Waals surface area contributed by atoms with Gasteiger partial charge in [0, 0.05) is 37.6 Å². The topological polar surface area (TPSA) is 66.8 Å². The van der Waals surface area contributed by atoms with E-state index in [1.165, 1.54) is 0 Å². The highest BCUT2D eigenvalue weighted by Crippen LogP contribution is 2.28. The predicted octanol–water partition coefficient (Wildman–Crippen LogP) is 2.23. The summed E-state index contributed by atoms with van der Waals surface area (Å²) in [6.45, 7) is 3.44. The number of aryl methyl sites for hydroxylation is 2. The molecule has 0 bridgehead atoms. The van der Waals surface area contributed by atoms with Crippen LogP contribution in [0.2, 0.25) is 0 Å². The van der Waals surface area contributed by atoms with Crippen LogP contribution < -0.4 is 0 Å². The Bertz CT molecular complexity index is 878. The molecule has 0 saturated carbocycles. The Kier molecular flexibility index (Phi) is 3.18. The van der Waals surface area contributed by atoms with Gasteiger partial charge in [-0.05, 0) is 19.4 Å². The van der Waals surface area contributed by atoms with Gasteiger partial charge in [0.1, 0.15) is 5.82 Å². The number of hydrogen-bond donors (Lipinski definition) is 1. The van der Waals surface area contributed by atoms with E-state index in [0.29, 0.717) is 18.2 Å². The summed E-state index contributed by atoms with van der Waals surface area (Å²) in [6.07, 6.45) is 2.97. The molecule has 3 heterocycles. The van der Waals surface area contributed by atoms with Crippen LogP contribution in [0.15, 0.2) is 30.5 Å². The summed E-state index contributed by atoms with van der Waals surface area (Å²) >= 11 is 0. The highest BCUT2D eigenvalue weighted by Gasteiger charge is 2.31. The summed E-state index contributed by atoms with van der Waals surface area (Å²) in [6, 6.07) is 7.73. The highest BCUT2D eigenvalue weighted by molar-refractivity contribution is 6.04. The molecule has 2 aromatic heterocycles. The molecule has 1 aliphatic rings. The van der Waals surface area contributed by atoms with Gasteiger partial charge in [0.25, 0.3) is 5.91 Å².